The SMILES string of the molecule is CCOc1cc(/C=C2\C(=O)NC(=O)N(c3ccc(Cl)c(Cl)c3)C2=O)cc(Br)c1OCC. The Balaban J connectivity index is 2.04. The van der Waals surface area contributed by atoms with Crippen molar-refractivity contribution < 1.29 is 23.9 Å². The predicted molar refractivity (Wildman–Crippen MR) is 122 cm³/mol. The van der Waals surface area contributed by atoms with Gasteiger partial charge in [0.2, 0.25) is 0 Å². The number of rotatable bonds is 6. The average Bonchev–Trinajstić information content (AvgIpc) is 2.70. The van der Waals surface area contributed by atoms with E-state index in [0.29, 0.717) is 34.7 Å². The molecule has 0 aliphatic carbocycles. The molecule has 1 fully saturated rings. The van der Waals surface area contributed by atoms with Gasteiger partial charge in [0, 0.05) is 0 Å². The van der Waals surface area contributed by atoms with E-state index in [1.165, 1.54) is 24.3 Å². The van der Waals surface area contributed by atoms with E-state index in [4.69, 9.17) is 32.7 Å². The van der Waals surface area contributed by atoms with Crippen LogP contribution in [-0.4, -0.2) is 31.1 Å². The van der Waals surface area contributed by atoms with Crippen LogP contribution in [0.1, 0.15) is 19.4 Å². The van der Waals surface area contributed by atoms with Crippen molar-refractivity contribution in [3.63, 3.8) is 0 Å². The van der Waals surface area contributed by atoms with Crippen molar-refractivity contribution in [2.45, 2.75) is 13.8 Å². The third-order valence-corrected chi connectivity index (χ3v) is 5.52. The first-order chi connectivity index (χ1) is 14.8. The van der Waals surface area contributed by atoms with E-state index in [9.17, 15) is 14.4 Å². The molecule has 1 aliphatic rings. The Morgan fingerprint density at radius 2 is 1.74 bits per heavy atom. The molecule has 7 nitrogen and oxygen atoms in total. The zero-order valence-corrected chi connectivity index (χ0v) is 19.6. The van der Waals surface area contributed by atoms with E-state index in [1.807, 2.05) is 13.8 Å². The molecule has 0 atom stereocenters. The zero-order valence-electron chi connectivity index (χ0n) is 16.5. The number of hydrogen-bond donors (Lipinski definition) is 1. The molecule has 0 bridgehead atoms. The van der Waals surface area contributed by atoms with Gasteiger partial charge in [0.25, 0.3) is 11.8 Å². The first-order valence-electron chi connectivity index (χ1n) is 9.22. The minimum Gasteiger partial charge on any atom is -0.490 e. The number of nitrogens with one attached hydrogen (secondary N) is 1. The molecule has 3 rings (SSSR count). The lowest BCUT2D eigenvalue weighted by Crippen LogP contribution is -2.54. The fourth-order valence-electron chi connectivity index (χ4n) is 2.90. The average molecular weight is 528 g/mol. The number of urea groups is 1. The largest absolute Gasteiger partial charge is 0.490 e. The number of carbonyl (C=O) groups excluding carboxylic acids is 3. The predicted octanol–water partition coefficient (Wildman–Crippen LogP) is 5.22. The summed E-state index contributed by atoms with van der Waals surface area (Å²) in [7, 11) is 0. The molecular weight excluding hydrogens is 511 g/mol. The number of anilines is 1. The summed E-state index contributed by atoms with van der Waals surface area (Å²) < 4.78 is 11.8. The van der Waals surface area contributed by atoms with Crippen molar-refractivity contribution in [1.29, 1.82) is 0 Å². The molecule has 4 amide bonds. The Hall–Kier alpha value is -2.55. The topological polar surface area (TPSA) is 84.9 Å². The smallest absolute Gasteiger partial charge is 0.335 e. The molecule has 2 aromatic rings. The van der Waals surface area contributed by atoms with Gasteiger partial charge in [-0.3, -0.25) is 14.9 Å². The third-order valence-electron chi connectivity index (χ3n) is 4.19. The number of benzene rings is 2. The molecule has 0 radical (unpaired) electrons. The van der Waals surface area contributed by atoms with Crippen LogP contribution in [0.5, 0.6) is 11.5 Å². The Labute approximate surface area is 197 Å². The summed E-state index contributed by atoms with van der Waals surface area (Å²) in [5.74, 6) is -0.644. The first kappa shape index (κ1) is 23.1. The number of halogens is 3. The zero-order chi connectivity index (χ0) is 22.7. The Morgan fingerprint density at radius 1 is 1.03 bits per heavy atom. The molecule has 0 spiro atoms. The fraction of sp³-hybridized carbons (Fsp3) is 0.190. The molecule has 162 valence electrons. The second-order valence-electron chi connectivity index (χ2n) is 6.25. The maximum absolute atomic E-state index is 13.0. The van der Waals surface area contributed by atoms with E-state index in [2.05, 4.69) is 21.2 Å². The van der Waals surface area contributed by atoms with Crippen molar-refractivity contribution in [3.8, 4) is 11.5 Å². The minimum absolute atomic E-state index is 0.166. The highest BCUT2D eigenvalue weighted by atomic mass is 79.9. The molecule has 1 heterocycles. The molecule has 10 heteroatoms. The van der Waals surface area contributed by atoms with E-state index in [1.54, 1.807) is 12.1 Å². The van der Waals surface area contributed by atoms with Gasteiger partial charge in [0.1, 0.15) is 5.57 Å². The molecule has 1 saturated heterocycles. The van der Waals surface area contributed by atoms with Crippen molar-refractivity contribution in [1.82, 2.24) is 5.32 Å². The van der Waals surface area contributed by atoms with Gasteiger partial charge in [-0.25, -0.2) is 9.69 Å². The number of carbonyl (C=O) groups is 3. The van der Waals surface area contributed by atoms with E-state index in [-0.39, 0.29) is 21.3 Å². The summed E-state index contributed by atoms with van der Waals surface area (Å²) in [6, 6.07) is 6.73. The Morgan fingerprint density at radius 3 is 2.39 bits per heavy atom. The van der Waals surface area contributed by atoms with Crippen LogP contribution in [0.2, 0.25) is 10.0 Å². The lowest BCUT2D eigenvalue weighted by Gasteiger charge is -2.26. The maximum Gasteiger partial charge on any atom is 0.335 e. The normalized spacial score (nSPS) is 15.3. The lowest BCUT2D eigenvalue weighted by molar-refractivity contribution is -0.122. The Bertz CT molecular complexity index is 1100. The van der Waals surface area contributed by atoms with Gasteiger partial charge in [0.05, 0.1) is 33.4 Å². The highest BCUT2D eigenvalue weighted by molar-refractivity contribution is 9.10. The summed E-state index contributed by atoms with van der Waals surface area (Å²) in [5.41, 5.74) is 0.447. The lowest BCUT2D eigenvalue weighted by atomic mass is 10.1. The molecule has 31 heavy (non-hydrogen) atoms. The number of imide groups is 2. The van der Waals surface area contributed by atoms with Crippen molar-refractivity contribution >= 4 is 68.7 Å². The van der Waals surface area contributed by atoms with Crippen LogP contribution in [0, 0.1) is 0 Å². The highest BCUT2D eigenvalue weighted by Gasteiger charge is 2.37. The Kier molecular flexibility index (Phi) is 7.25. The van der Waals surface area contributed by atoms with Gasteiger partial charge < -0.3 is 9.47 Å². The molecule has 1 aliphatic heterocycles. The van der Waals surface area contributed by atoms with E-state index < -0.39 is 17.8 Å². The summed E-state index contributed by atoms with van der Waals surface area (Å²) in [4.78, 5) is 38.6. The van der Waals surface area contributed by atoms with Gasteiger partial charge >= 0.3 is 6.03 Å². The van der Waals surface area contributed by atoms with Gasteiger partial charge in [-0.2, -0.15) is 0 Å². The van der Waals surface area contributed by atoms with Crippen LogP contribution in [0.25, 0.3) is 6.08 Å². The van der Waals surface area contributed by atoms with Crippen LogP contribution >= 0.6 is 39.1 Å². The number of hydrogen-bond acceptors (Lipinski definition) is 5. The van der Waals surface area contributed by atoms with E-state index in [0.717, 1.165) is 4.90 Å². The number of barbiturate groups is 1. The van der Waals surface area contributed by atoms with Crippen molar-refractivity contribution in [2.75, 3.05) is 18.1 Å². The molecule has 0 unspecified atom stereocenters. The number of nitrogens with zero attached hydrogens (tertiary/aromatic N) is 1. The number of amides is 4. The van der Waals surface area contributed by atoms with Crippen molar-refractivity contribution in [2.24, 2.45) is 0 Å². The van der Waals surface area contributed by atoms with Crippen LogP contribution in [0.15, 0.2) is 40.4 Å². The third kappa shape index (κ3) is 4.87. The van der Waals surface area contributed by atoms with Gasteiger partial charge in [-0.15, -0.1) is 0 Å². The summed E-state index contributed by atoms with van der Waals surface area (Å²) in [6.45, 7) is 4.50. The summed E-state index contributed by atoms with van der Waals surface area (Å²) in [6.07, 6.45) is 1.37. The second-order valence-corrected chi connectivity index (χ2v) is 7.92. The maximum atomic E-state index is 13.0. The molecule has 0 aromatic heterocycles. The van der Waals surface area contributed by atoms with Gasteiger partial charge in [-0.05, 0) is 71.7 Å². The van der Waals surface area contributed by atoms with Crippen LogP contribution < -0.4 is 19.7 Å². The molecule has 0 saturated carbocycles. The molecule has 2 aromatic carbocycles. The van der Waals surface area contributed by atoms with Crippen LogP contribution in [-0.2, 0) is 9.59 Å². The summed E-state index contributed by atoms with van der Waals surface area (Å²) >= 11 is 15.4. The summed E-state index contributed by atoms with van der Waals surface area (Å²) in [5, 5.41) is 2.60. The van der Waals surface area contributed by atoms with Crippen LogP contribution in [0.3, 0.4) is 0 Å². The molecule has 1 N–H and O–H groups in total. The second kappa shape index (κ2) is 9.72. The number of ether oxygens (including phenoxy) is 2. The molecular formula is C21H17BrCl2N2O5. The highest BCUT2D eigenvalue weighted by Crippen LogP contribution is 2.38. The minimum atomic E-state index is -0.881. The van der Waals surface area contributed by atoms with Crippen LogP contribution in [0.4, 0.5) is 10.5 Å². The first-order valence-corrected chi connectivity index (χ1v) is 10.8. The standard InChI is InChI=1S/C21H17BrCl2N2O5/c1-3-30-17-9-11(8-14(22)18(17)31-4-2)7-13-19(27)25-21(29)26(20(13)28)12-5-6-15(23)16(24)10-12/h5-10H,3-4H2,1-2H3,(H,25,27,29)/b13-7+. The monoisotopic (exact) mass is 526 g/mol. The fourth-order valence-corrected chi connectivity index (χ4v) is 3.77. The van der Waals surface area contributed by atoms with Crippen molar-refractivity contribution in [3.05, 3.63) is 56.0 Å². The quantitative estimate of drug-likeness (QED) is 0.411. The van der Waals surface area contributed by atoms with E-state index >= 15 is 0 Å². The van der Waals surface area contributed by atoms with Gasteiger partial charge in [0.15, 0.2) is 11.5 Å². The van der Waals surface area contributed by atoms with Gasteiger partial charge in [-0.1, -0.05) is 23.2 Å².